The molecule has 2 atom stereocenters. The van der Waals surface area contributed by atoms with Gasteiger partial charge in [-0.3, -0.25) is 9.59 Å². The van der Waals surface area contributed by atoms with E-state index >= 15 is 0 Å². The topological polar surface area (TPSA) is 46.6 Å². The number of likely N-dealkylation sites (tertiary alicyclic amines) is 1. The van der Waals surface area contributed by atoms with E-state index in [2.05, 4.69) is 0 Å². The number of hydrogen-bond acceptors (Lipinski definition) is 3. The van der Waals surface area contributed by atoms with Crippen LogP contribution in [0.25, 0.3) is 0 Å². The third-order valence-electron chi connectivity index (χ3n) is 4.06. The van der Waals surface area contributed by atoms with E-state index in [-0.39, 0.29) is 11.9 Å². The van der Waals surface area contributed by atoms with Crippen LogP contribution in [0.5, 0.6) is 0 Å². The van der Waals surface area contributed by atoms with Crippen LogP contribution in [0.1, 0.15) is 29.7 Å². The van der Waals surface area contributed by atoms with E-state index < -0.39 is 12.1 Å². The summed E-state index contributed by atoms with van der Waals surface area (Å²) in [4.78, 5) is 25.5. The summed E-state index contributed by atoms with van der Waals surface area (Å²) in [5, 5.41) is 0. The lowest BCUT2D eigenvalue weighted by atomic mass is 9.89. The minimum absolute atomic E-state index is 0.144. The number of carbonyl (C=O) groups is 2. The summed E-state index contributed by atoms with van der Waals surface area (Å²) in [5.74, 6) is -0.575. The quantitative estimate of drug-likeness (QED) is 0.644. The second-order valence-corrected chi connectivity index (χ2v) is 5.84. The fourth-order valence-corrected chi connectivity index (χ4v) is 2.89. The molecule has 0 saturated carbocycles. The lowest BCUT2D eigenvalue weighted by molar-refractivity contribution is -0.183. The third kappa shape index (κ3) is 3.11. The summed E-state index contributed by atoms with van der Waals surface area (Å²) in [5.41, 5.74) is 3.19. The van der Waals surface area contributed by atoms with Crippen molar-refractivity contribution in [3.8, 4) is 0 Å². The lowest BCUT2D eigenvalue weighted by Crippen LogP contribution is -2.59. The molecule has 0 aromatic heterocycles. The van der Waals surface area contributed by atoms with Crippen molar-refractivity contribution >= 4 is 11.9 Å². The van der Waals surface area contributed by atoms with E-state index in [1.54, 1.807) is 4.90 Å². The number of ether oxygens (including phenoxy) is 1. The molecule has 2 aromatic carbocycles. The summed E-state index contributed by atoms with van der Waals surface area (Å²) in [6.07, 6.45) is -0.723. The molecule has 0 radical (unpaired) electrons. The summed E-state index contributed by atoms with van der Waals surface area (Å²) in [6, 6.07) is 17.6. The normalized spacial score (nSPS) is 20.1. The molecule has 4 heteroatoms. The van der Waals surface area contributed by atoms with Gasteiger partial charge in [0.05, 0.1) is 0 Å². The van der Waals surface area contributed by atoms with E-state index in [9.17, 15) is 9.59 Å². The predicted molar refractivity (Wildman–Crippen MR) is 86.5 cm³/mol. The Bertz CT molecular complexity index is 709. The summed E-state index contributed by atoms with van der Waals surface area (Å²) in [6.45, 7) is 3.86. The van der Waals surface area contributed by atoms with E-state index in [0.717, 1.165) is 16.7 Å². The SMILES string of the molecule is CC(=O)O[C@@H]1C(=O)N(Cc2ccccc2)[C@H]1c1ccc(C)cc1. The first-order valence-electron chi connectivity index (χ1n) is 7.64. The van der Waals surface area contributed by atoms with Crippen LogP contribution in [0.2, 0.25) is 0 Å². The Hall–Kier alpha value is -2.62. The first-order chi connectivity index (χ1) is 11.1. The molecule has 1 aliphatic heterocycles. The Balaban J connectivity index is 1.86. The molecule has 1 aliphatic rings. The Morgan fingerprint density at radius 1 is 1.09 bits per heavy atom. The van der Waals surface area contributed by atoms with Crippen LogP contribution in [-0.2, 0) is 20.9 Å². The average molecular weight is 309 g/mol. The molecular weight excluding hydrogens is 290 g/mol. The van der Waals surface area contributed by atoms with Gasteiger partial charge in [-0.15, -0.1) is 0 Å². The van der Waals surface area contributed by atoms with Crippen molar-refractivity contribution in [2.24, 2.45) is 0 Å². The highest BCUT2D eigenvalue weighted by Crippen LogP contribution is 2.38. The van der Waals surface area contributed by atoms with Gasteiger partial charge in [-0.25, -0.2) is 0 Å². The number of esters is 1. The van der Waals surface area contributed by atoms with Crippen LogP contribution in [-0.4, -0.2) is 22.9 Å². The molecule has 0 spiro atoms. The Morgan fingerprint density at radius 3 is 2.35 bits per heavy atom. The van der Waals surface area contributed by atoms with Gasteiger partial charge in [0.1, 0.15) is 6.04 Å². The highest BCUT2D eigenvalue weighted by molar-refractivity contribution is 5.90. The summed E-state index contributed by atoms with van der Waals surface area (Å²) in [7, 11) is 0. The van der Waals surface area contributed by atoms with Crippen LogP contribution in [0, 0.1) is 6.92 Å². The zero-order valence-electron chi connectivity index (χ0n) is 13.2. The summed E-state index contributed by atoms with van der Waals surface area (Å²) >= 11 is 0. The molecular formula is C19H19NO3. The molecule has 2 aromatic rings. The fraction of sp³-hybridized carbons (Fsp3) is 0.263. The van der Waals surface area contributed by atoms with Crippen molar-refractivity contribution in [2.75, 3.05) is 0 Å². The molecule has 1 amide bonds. The summed E-state index contributed by atoms with van der Waals surface area (Å²) < 4.78 is 5.23. The van der Waals surface area contributed by atoms with Crippen molar-refractivity contribution in [3.63, 3.8) is 0 Å². The zero-order valence-corrected chi connectivity index (χ0v) is 13.2. The van der Waals surface area contributed by atoms with Crippen LogP contribution in [0.4, 0.5) is 0 Å². The van der Waals surface area contributed by atoms with E-state index in [1.165, 1.54) is 6.92 Å². The molecule has 0 unspecified atom stereocenters. The number of carbonyl (C=O) groups excluding carboxylic acids is 2. The average Bonchev–Trinajstić information content (AvgIpc) is 2.55. The first kappa shape index (κ1) is 15.3. The molecule has 1 heterocycles. The van der Waals surface area contributed by atoms with Crippen LogP contribution in [0.15, 0.2) is 54.6 Å². The second kappa shape index (κ2) is 6.24. The number of aryl methyl sites for hydroxylation is 1. The van der Waals surface area contributed by atoms with Gasteiger partial charge >= 0.3 is 5.97 Å². The molecule has 0 N–H and O–H groups in total. The minimum atomic E-state index is -0.723. The Morgan fingerprint density at radius 2 is 1.74 bits per heavy atom. The third-order valence-corrected chi connectivity index (χ3v) is 4.06. The van der Waals surface area contributed by atoms with Crippen LogP contribution >= 0.6 is 0 Å². The molecule has 0 aliphatic carbocycles. The maximum atomic E-state index is 12.4. The molecule has 1 fully saturated rings. The highest BCUT2D eigenvalue weighted by Gasteiger charge is 2.50. The highest BCUT2D eigenvalue weighted by atomic mass is 16.6. The minimum Gasteiger partial charge on any atom is -0.450 e. The van der Waals surface area contributed by atoms with Crippen molar-refractivity contribution in [1.29, 1.82) is 0 Å². The molecule has 23 heavy (non-hydrogen) atoms. The van der Waals surface area contributed by atoms with Crippen LogP contribution in [0.3, 0.4) is 0 Å². The van der Waals surface area contributed by atoms with Crippen molar-refractivity contribution in [3.05, 3.63) is 71.3 Å². The Kier molecular flexibility index (Phi) is 4.15. The monoisotopic (exact) mass is 309 g/mol. The van der Waals surface area contributed by atoms with Gasteiger partial charge in [-0.1, -0.05) is 60.2 Å². The van der Waals surface area contributed by atoms with E-state index in [4.69, 9.17) is 4.74 Å². The molecule has 118 valence electrons. The lowest BCUT2D eigenvalue weighted by Gasteiger charge is -2.46. The van der Waals surface area contributed by atoms with Crippen molar-refractivity contribution in [1.82, 2.24) is 4.90 Å². The molecule has 4 nitrogen and oxygen atoms in total. The van der Waals surface area contributed by atoms with Crippen molar-refractivity contribution in [2.45, 2.75) is 32.5 Å². The number of β-lactam (4-membered cyclic amide) rings is 1. The maximum absolute atomic E-state index is 12.4. The molecule has 3 rings (SSSR count). The van der Waals surface area contributed by atoms with E-state index in [0.29, 0.717) is 6.54 Å². The predicted octanol–water partition coefficient (Wildman–Crippen LogP) is 3.01. The Labute approximate surface area is 135 Å². The van der Waals surface area contributed by atoms with Gasteiger partial charge in [0.2, 0.25) is 6.10 Å². The zero-order chi connectivity index (χ0) is 16.4. The number of amides is 1. The number of nitrogens with zero attached hydrogens (tertiary/aromatic N) is 1. The maximum Gasteiger partial charge on any atom is 0.303 e. The van der Waals surface area contributed by atoms with Gasteiger partial charge in [0.15, 0.2) is 0 Å². The van der Waals surface area contributed by atoms with Gasteiger partial charge in [-0.05, 0) is 18.1 Å². The standard InChI is InChI=1S/C19H19NO3/c1-13-8-10-16(11-9-13)17-18(23-14(2)21)19(22)20(17)12-15-6-4-3-5-7-15/h3-11,17-18H,12H2,1-2H3/t17-,18-/m0/s1. The number of hydrogen-bond donors (Lipinski definition) is 0. The van der Waals surface area contributed by atoms with Gasteiger partial charge in [0.25, 0.3) is 5.91 Å². The smallest absolute Gasteiger partial charge is 0.303 e. The first-order valence-corrected chi connectivity index (χ1v) is 7.64. The number of rotatable bonds is 4. The van der Waals surface area contributed by atoms with Crippen molar-refractivity contribution < 1.29 is 14.3 Å². The van der Waals surface area contributed by atoms with Gasteiger partial charge in [0, 0.05) is 13.5 Å². The van der Waals surface area contributed by atoms with Gasteiger partial charge < -0.3 is 9.64 Å². The molecule has 1 saturated heterocycles. The fourth-order valence-electron chi connectivity index (χ4n) is 2.89. The molecule has 0 bridgehead atoms. The van der Waals surface area contributed by atoms with Gasteiger partial charge in [-0.2, -0.15) is 0 Å². The number of benzene rings is 2. The second-order valence-electron chi connectivity index (χ2n) is 5.84. The van der Waals surface area contributed by atoms with Crippen LogP contribution < -0.4 is 0 Å². The van der Waals surface area contributed by atoms with E-state index in [1.807, 2.05) is 61.5 Å². The largest absolute Gasteiger partial charge is 0.450 e.